The minimum atomic E-state index is -1.37. The molecule has 0 bridgehead atoms. The number of halogens is 2. The zero-order valence-electron chi connectivity index (χ0n) is 12.9. The molecule has 1 rings (SSSR count). The number of nitro groups is 1. The summed E-state index contributed by atoms with van der Waals surface area (Å²) in [5.74, 6) is -1.56. The molecule has 0 aliphatic heterocycles. The molecule has 0 radical (unpaired) electrons. The fourth-order valence-electron chi connectivity index (χ4n) is 1.97. The summed E-state index contributed by atoms with van der Waals surface area (Å²) in [6, 6.07) is 1.02. The summed E-state index contributed by atoms with van der Waals surface area (Å²) in [6.45, 7) is 6.46. The first kappa shape index (κ1) is 18.8. The lowest BCUT2D eigenvalue weighted by Crippen LogP contribution is -2.29. The molecule has 0 aromatic heterocycles. The number of carbonyl (C=O) groups excluding carboxylic acids is 1. The smallest absolute Gasteiger partial charge is 0.339 e. The van der Waals surface area contributed by atoms with Gasteiger partial charge in [-0.2, -0.15) is 0 Å². The van der Waals surface area contributed by atoms with Crippen LogP contribution in [0.4, 0.5) is 10.1 Å². The van der Waals surface area contributed by atoms with Crippen molar-refractivity contribution < 1.29 is 23.6 Å². The van der Waals surface area contributed by atoms with Gasteiger partial charge in [0.05, 0.1) is 21.2 Å². The van der Waals surface area contributed by atoms with Gasteiger partial charge in [-0.05, 0) is 56.4 Å². The van der Waals surface area contributed by atoms with Crippen molar-refractivity contribution in [1.82, 2.24) is 0 Å². The summed E-state index contributed by atoms with van der Waals surface area (Å²) in [6.07, 6.45) is -1.37. The monoisotopic (exact) mass is 425 g/mol. The number of esters is 1. The Morgan fingerprint density at radius 3 is 2.41 bits per heavy atom. The first-order chi connectivity index (χ1) is 9.99. The first-order valence-electron chi connectivity index (χ1n) is 6.38. The molecule has 1 aromatic rings. The van der Waals surface area contributed by atoms with Gasteiger partial charge >= 0.3 is 5.97 Å². The van der Waals surface area contributed by atoms with Gasteiger partial charge in [0.1, 0.15) is 5.82 Å². The molecular formula is C14H17FINO5. The minimum absolute atomic E-state index is 0.0500. The number of hydrogen-bond donors (Lipinski definition) is 0. The Hall–Kier alpha value is -1.29. The van der Waals surface area contributed by atoms with Crippen molar-refractivity contribution in [3.05, 3.63) is 36.7 Å². The summed E-state index contributed by atoms with van der Waals surface area (Å²) in [7, 11) is 1.15. The minimum Gasteiger partial charge on any atom is -0.467 e. The molecule has 1 unspecified atom stereocenters. The van der Waals surface area contributed by atoms with E-state index in [9.17, 15) is 19.3 Å². The zero-order chi connectivity index (χ0) is 17.2. The molecular weight excluding hydrogens is 408 g/mol. The number of ether oxygens (including phenoxy) is 2. The predicted molar refractivity (Wildman–Crippen MR) is 86.1 cm³/mol. The second-order valence-electron chi connectivity index (χ2n) is 5.62. The fourth-order valence-corrected chi connectivity index (χ4v) is 2.85. The summed E-state index contributed by atoms with van der Waals surface area (Å²) in [5.41, 5.74) is -1.14. The quantitative estimate of drug-likeness (QED) is 0.318. The summed E-state index contributed by atoms with van der Waals surface area (Å²) < 4.78 is 24.7. The SMILES string of the molecule is COC(=O)C(OC(C)(C)C)c1c(F)cc(I)c([N+](=O)[O-])c1C. The molecule has 0 aliphatic carbocycles. The Morgan fingerprint density at radius 2 is 2.00 bits per heavy atom. The molecule has 0 heterocycles. The second kappa shape index (κ2) is 6.86. The molecule has 0 spiro atoms. The highest BCUT2D eigenvalue weighted by Gasteiger charge is 2.35. The normalized spacial score (nSPS) is 12.9. The summed E-state index contributed by atoms with van der Waals surface area (Å²) >= 11 is 1.68. The third-order valence-electron chi connectivity index (χ3n) is 2.83. The van der Waals surface area contributed by atoms with E-state index in [4.69, 9.17) is 4.74 Å². The van der Waals surface area contributed by atoms with Gasteiger partial charge in [0.2, 0.25) is 0 Å². The van der Waals surface area contributed by atoms with Gasteiger partial charge in [0, 0.05) is 11.1 Å². The zero-order valence-corrected chi connectivity index (χ0v) is 15.1. The van der Waals surface area contributed by atoms with Crippen LogP contribution < -0.4 is 0 Å². The lowest BCUT2D eigenvalue weighted by Gasteiger charge is -2.27. The Bertz CT molecular complexity index is 612. The molecule has 0 aliphatic rings. The lowest BCUT2D eigenvalue weighted by atomic mass is 10.00. The molecule has 0 fully saturated rings. The molecule has 1 aromatic carbocycles. The van der Waals surface area contributed by atoms with Gasteiger partial charge in [0.25, 0.3) is 5.69 Å². The predicted octanol–water partition coefficient (Wildman–Crippen LogP) is 3.68. The van der Waals surface area contributed by atoms with E-state index < -0.39 is 28.4 Å². The number of carbonyl (C=O) groups is 1. The van der Waals surface area contributed by atoms with Crippen molar-refractivity contribution in [2.24, 2.45) is 0 Å². The number of methoxy groups -OCH3 is 1. The van der Waals surface area contributed by atoms with Crippen LogP contribution in [0.1, 0.15) is 38.0 Å². The van der Waals surface area contributed by atoms with E-state index in [1.165, 1.54) is 6.92 Å². The van der Waals surface area contributed by atoms with E-state index in [2.05, 4.69) is 4.74 Å². The molecule has 1 atom stereocenters. The van der Waals surface area contributed by atoms with Crippen LogP contribution in [0.2, 0.25) is 0 Å². The number of benzene rings is 1. The maximum Gasteiger partial charge on any atom is 0.339 e. The van der Waals surface area contributed by atoms with E-state index >= 15 is 0 Å². The van der Waals surface area contributed by atoms with E-state index in [0.29, 0.717) is 0 Å². The molecule has 22 heavy (non-hydrogen) atoms. The van der Waals surface area contributed by atoms with E-state index in [1.54, 1.807) is 43.4 Å². The Balaban J connectivity index is 3.58. The number of rotatable bonds is 4. The van der Waals surface area contributed by atoms with E-state index in [0.717, 1.165) is 13.2 Å². The van der Waals surface area contributed by atoms with Gasteiger partial charge in [-0.1, -0.05) is 0 Å². The highest BCUT2D eigenvalue weighted by Crippen LogP contribution is 2.36. The molecule has 0 N–H and O–H groups in total. The van der Waals surface area contributed by atoms with Gasteiger partial charge in [-0.25, -0.2) is 9.18 Å². The first-order valence-corrected chi connectivity index (χ1v) is 7.46. The Kier molecular flexibility index (Phi) is 5.85. The van der Waals surface area contributed by atoms with Gasteiger partial charge in [0.15, 0.2) is 6.10 Å². The van der Waals surface area contributed by atoms with Crippen molar-refractivity contribution in [1.29, 1.82) is 0 Å². The van der Waals surface area contributed by atoms with Gasteiger partial charge in [-0.15, -0.1) is 0 Å². The van der Waals surface area contributed by atoms with Crippen LogP contribution in [-0.2, 0) is 14.3 Å². The van der Waals surface area contributed by atoms with Gasteiger partial charge < -0.3 is 9.47 Å². The summed E-state index contributed by atoms with van der Waals surface area (Å²) in [5, 5.41) is 11.2. The third-order valence-corrected chi connectivity index (χ3v) is 3.65. The van der Waals surface area contributed by atoms with Crippen molar-refractivity contribution in [2.75, 3.05) is 7.11 Å². The number of nitrogens with zero attached hydrogens (tertiary/aromatic N) is 1. The topological polar surface area (TPSA) is 78.7 Å². The maximum absolute atomic E-state index is 14.4. The standard InChI is InChI=1S/C14H17FINO5/c1-7-10(8(15)6-9(16)11(7)17(19)20)12(13(18)21-5)22-14(2,3)4/h6,12H,1-5H3. The molecule has 6 nitrogen and oxygen atoms in total. The van der Waals surface area contributed by atoms with Gasteiger partial charge in [-0.3, -0.25) is 10.1 Å². The third kappa shape index (κ3) is 4.13. The average Bonchev–Trinajstić information content (AvgIpc) is 2.33. The highest BCUT2D eigenvalue weighted by atomic mass is 127. The number of nitro benzene ring substituents is 1. The van der Waals surface area contributed by atoms with E-state index in [-0.39, 0.29) is 20.4 Å². The van der Waals surface area contributed by atoms with Crippen LogP contribution in [0, 0.1) is 26.4 Å². The molecule has 8 heteroatoms. The lowest BCUT2D eigenvalue weighted by molar-refractivity contribution is -0.386. The van der Waals surface area contributed by atoms with Crippen molar-refractivity contribution in [3.63, 3.8) is 0 Å². The summed E-state index contributed by atoms with van der Waals surface area (Å²) in [4.78, 5) is 22.5. The fraction of sp³-hybridized carbons (Fsp3) is 0.500. The van der Waals surface area contributed by atoms with Crippen LogP contribution in [0.5, 0.6) is 0 Å². The van der Waals surface area contributed by atoms with Crippen molar-refractivity contribution >= 4 is 34.2 Å². The van der Waals surface area contributed by atoms with Crippen LogP contribution in [0.15, 0.2) is 6.07 Å². The van der Waals surface area contributed by atoms with Crippen molar-refractivity contribution in [3.8, 4) is 0 Å². The van der Waals surface area contributed by atoms with Crippen molar-refractivity contribution in [2.45, 2.75) is 39.4 Å². The van der Waals surface area contributed by atoms with Crippen LogP contribution >= 0.6 is 22.6 Å². The maximum atomic E-state index is 14.4. The molecule has 122 valence electrons. The second-order valence-corrected chi connectivity index (χ2v) is 6.78. The Labute approximate surface area is 141 Å². The molecule has 0 saturated heterocycles. The van der Waals surface area contributed by atoms with Crippen LogP contribution in [-0.4, -0.2) is 23.6 Å². The van der Waals surface area contributed by atoms with Crippen LogP contribution in [0.25, 0.3) is 0 Å². The largest absolute Gasteiger partial charge is 0.467 e. The van der Waals surface area contributed by atoms with Crippen LogP contribution in [0.3, 0.4) is 0 Å². The number of hydrogen-bond acceptors (Lipinski definition) is 5. The highest BCUT2D eigenvalue weighted by molar-refractivity contribution is 14.1. The van der Waals surface area contributed by atoms with E-state index in [1.807, 2.05) is 0 Å². The average molecular weight is 425 g/mol. The Morgan fingerprint density at radius 1 is 1.45 bits per heavy atom. The molecule has 0 saturated carbocycles. The molecule has 0 amide bonds.